The maximum atomic E-state index is 12.2. The third kappa shape index (κ3) is 4.59. The Morgan fingerprint density at radius 2 is 1.82 bits per heavy atom. The zero-order chi connectivity index (χ0) is 19.3. The highest BCUT2D eigenvalue weighted by Crippen LogP contribution is 2.30. The van der Waals surface area contributed by atoms with Crippen LogP contribution in [0.1, 0.15) is 32.1 Å². The minimum Gasteiger partial charge on any atom is -0.497 e. The first-order chi connectivity index (χ1) is 13.7. The van der Waals surface area contributed by atoms with Gasteiger partial charge in [-0.15, -0.1) is 0 Å². The summed E-state index contributed by atoms with van der Waals surface area (Å²) in [6.07, 6.45) is 5.54. The molecule has 2 N–H and O–H groups in total. The topological polar surface area (TPSA) is 78.1 Å². The average Bonchev–Trinajstić information content (AvgIpc) is 3.31. The Bertz CT molecular complexity index is 647. The number of fused-ring (bicyclic) bond motifs is 1. The molecule has 7 nitrogen and oxygen atoms in total. The molecule has 4 unspecified atom stereocenters. The lowest BCUT2D eigenvalue weighted by molar-refractivity contribution is 0.00850. The minimum absolute atomic E-state index is 0.0534. The molecule has 2 saturated heterocycles. The van der Waals surface area contributed by atoms with Gasteiger partial charge in [-0.05, 0) is 49.6 Å². The number of carbonyl (C=O) groups is 1. The number of benzene rings is 1. The van der Waals surface area contributed by atoms with Crippen molar-refractivity contribution >= 4 is 11.8 Å². The number of anilines is 1. The van der Waals surface area contributed by atoms with Gasteiger partial charge in [-0.2, -0.15) is 0 Å². The molecule has 4 rings (SSSR count). The first-order valence-corrected chi connectivity index (χ1v) is 10.3. The average molecular weight is 390 g/mol. The predicted octanol–water partition coefficient (Wildman–Crippen LogP) is 2.95. The zero-order valence-corrected chi connectivity index (χ0v) is 16.4. The van der Waals surface area contributed by atoms with Gasteiger partial charge in [0.05, 0.1) is 26.4 Å². The lowest BCUT2D eigenvalue weighted by atomic mass is 9.89. The summed E-state index contributed by atoms with van der Waals surface area (Å²) >= 11 is 0. The van der Waals surface area contributed by atoms with Crippen LogP contribution in [-0.4, -0.2) is 57.3 Å². The zero-order valence-electron chi connectivity index (χ0n) is 16.4. The largest absolute Gasteiger partial charge is 0.497 e. The molecule has 0 radical (unpaired) electrons. The van der Waals surface area contributed by atoms with E-state index in [0.717, 1.165) is 18.2 Å². The second kappa shape index (κ2) is 9.11. The number of hydrogen-bond acceptors (Lipinski definition) is 6. The van der Waals surface area contributed by atoms with Gasteiger partial charge in [0.2, 0.25) is 0 Å². The van der Waals surface area contributed by atoms with E-state index >= 15 is 0 Å². The minimum atomic E-state index is -0.498. The van der Waals surface area contributed by atoms with Crippen molar-refractivity contribution in [3.63, 3.8) is 0 Å². The van der Waals surface area contributed by atoms with Crippen molar-refractivity contribution < 1.29 is 23.7 Å². The molecule has 3 aliphatic rings. The molecule has 2 aliphatic heterocycles. The summed E-state index contributed by atoms with van der Waals surface area (Å²) in [7, 11) is 1.60. The molecule has 1 aliphatic carbocycles. The van der Waals surface area contributed by atoms with Crippen LogP contribution in [0.5, 0.6) is 5.75 Å². The van der Waals surface area contributed by atoms with E-state index in [4.69, 9.17) is 18.9 Å². The molecule has 0 bridgehead atoms. The van der Waals surface area contributed by atoms with Crippen molar-refractivity contribution in [2.24, 2.45) is 5.92 Å². The lowest BCUT2D eigenvalue weighted by Gasteiger charge is -2.25. The fraction of sp³-hybridized carbons (Fsp3) is 0.667. The number of rotatable bonds is 6. The summed E-state index contributed by atoms with van der Waals surface area (Å²) in [6.45, 7) is 1.99. The van der Waals surface area contributed by atoms with Crippen LogP contribution in [0, 0.1) is 5.92 Å². The number of methoxy groups -OCH3 is 1. The number of carbonyl (C=O) groups excluding carboxylic acids is 1. The highest BCUT2D eigenvalue weighted by atomic mass is 16.6. The van der Waals surface area contributed by atoms with Crippen LogP contribution in [-0.2, 0) is 14.2 Å². The van der Waals surface area contributed by atoms with E-state index in [9.17, 15) is 4.79 Å². The van der Waals surface area contributed by atoms with E-state index in [-0.39, 0.29) is 24.4 Å². The Kier molecular flexibility index (Phi) is 6.34. The van der Waals surface area contributed by atoms with Crippen LogP contribution in [0.15, 0.2) is 24.3 Å². The Balaban J connectivity index is 1.24. The van der Waals surface area contributed by atoms with E-state index in [2.05, 4.69) is 10.6 Å². The standard InChI is InChI=1S/C21H30N2O5/c1-25-16-9-7-15(8-10-16)23-21(24)28-18-13-27-19-17(12-26-20(18)19)22-11-14-5-3-2-4-6-14/h7-10,14,17-20,22H,2-6,11-13H2,1H3,(H,23,24). The fourth-order valence-electron chi connectivity index (χ4n) is 4.41. The smallest absolute Gasteiger partial charge is 0.412 e. The molecule has 2 heterocycles. The van der Waals surface area contributed by atoms with Crippen LogP contribution >= 0.6 is 0 Å². The van der Waals surface area contributed by atoms with Gasteiger partial charge in [-0.25, -0.2) is 4.79 Å². The third-order valence-corrected chi connectivity index (χ3v) is 6.00. The van der Waals surface area contributed by atoms with E-state index in [1.165, 1.54) is 32.1 Å². The maximum absolute atomic E-state index is 12.2. The van der Waals surface area contributed by atoms with Gasteiger partial charge in [-0.3, -0.25) is 5.32 Å². The number of hydrogen-bond donors (Lipinski definition) is 2. The van der Waals surface area contributed by atoms with Crippen LogP contribution in [0.25, 0.3) is 0 Å². The van der Waals surface area contributed by atoms with E-state index in [1.807, 2.05) is 0 Å². The molecule has 1 aromatic rings. The third-order valence-electron chi connectivity index (χ3n) is 6.00. The van der Waals surface area contributed by atoms with Crippen LogP contribution < -0.4 is 15.4 Å². The molecule has 28 heavy (non-hydrogen) atoms. The van der Waals surface area contributed by atoms with Crippen molar-refractivity contribution in [1.29, 1.82) is 0 Å². The van der Waals surface area contributed by atoms with Gasteiger partial charge in [0, 0.05) is 5.69 Å². The van der Waals surface area contributed by atoms with E-state index < -0.39 is 6.09 Å². The van der Waals surface area contributed by atoms with Crippen molar-refractivity contribution in [3.8, 4) is 5.75 Å². The van der Waals surface area contributed by atoms with Gasteiger partial charge in [0.25, 0.3) is 0 Å². The van der Waals surface area contributed by atoms with E-state index in [0.29, 0.717) is 18.9 Å². The van der Waals surface area contributed by atoms with Crippen molar-refractivity contribution in [1.82, 2.24) is 5.32 Å². The molecule has 1 saturated carbocycles. The summed E-state index contributed by atoms with van der Waals surface area (Å²) in [6, 6.07) is 7.28. The summed E-state index contributed by atoms with van der Waals surface area (Å²) in [5.74, 6) is 1.49. The number of nitrogens with one attached hydrogen (secondary N) is 2. The quantitative estimate of drug-likeness (QED) is 0.778. The SMILES string of the molecule is COc1ccc(NC(=O)OC2COC3C(NCC4CCCCC4)COC23)cc1. The summed E-state index contributed by atoms with van der Waals surface area (Å²) in [5, 5.41) is 6.37. The molecular weight excluding hydrogens is 360 g/mol. The molecule has 154 valence electrons. The molecule has 0 aromatic heterocycles. The van der Waals surface area contributed by atoms with Crippen molar-refractivity contribution in [3.05, 3.63) is 24.3 Å². The Hall–Kier alpha value is -1.83. The second-order valence-corrected chi connectivity index (χ2v) is 7.91. The van der Waals surface area contributed by atoms with E-state index in [1.54, 1.807) is 31.4 Å². The van der Waals surface area contributed by atoms with Crippen LogP contribution in [0.4, 0.5) is 10.5 Å². The predicted molar refractivity (Wildman–Crippen MR) is 105 cm³/mol. The number of amides is 1. The molecule has 7 heteroatoms. The molecular formula is C21H30N2O5. The fourth-order valence-corrected chi connectivity index (χ4v) is 4.41. The molecule has 1 amide bonds. The first-order valence-electron chi connectivity index (χ1n) is 10.3. The number of ether oxygens (including phenoxy) is 4. The Morgan fingerprint density at radius 1 is 1.07 bits per heavy atom. The van der Waals surface area contributed by atoms with Gasteiger partial charge >= 0.3 is 6.09 Å². The first kappa shape index (κ1) is 19.5. The van der Waals surface area contributed by atoms with Crippen LogP contribution in [0.3, 0.4) is 0 Å². The van der Waals surface area contributed by atoms with Crippen LogP contribution in [0.2, 0.25) is 0 Å². The van der Waals surface area contributed by atoms with Gasteiger partial charge < -0.3 is 24.3 Å². The molecule has 1 aromatic carbocycles. The highest BCUT2D eigenvalue weighted by molar-refractivity contribution is 5.84. The van der Waals surface area contributed by atoms with Gasteiger partial charge in [0.15, 0.2) is 6.10 Å². The van der Waals surface area contributed by atoms with Gasteiger partial charge in [-0.1, -0.05) is 19.3 Å². The normalized spacial score (nSPS) is 30.0. The lowest BCUT2D eigenvalue weighted by Crippen LogP contribution is -2.43. The van der Waals surface area contributed by atoms with Gasteiger partial charge in [0.1, 0.15) is 18.0 Å². The molecule has 0 spiro atoms. The monoisotopic (exact) mass is 390 g/mol. The summed E-state index contributed by atoms with van der Waals surface area (Å²) < 4.78 is 22.5. The Morgan fingerprint density at radius 3 is 2.57 bits per heavy atom. The Labute approximate surface area is 166 Å². The molecule has 3 fully saturated rings. The summed E-state index contributed by atoms with van der Waals surface area (Å²) in [5.41, 5.74) is 0.653. The van der Waals surface area contributed by atoms with Crippen molar-refractivity contribution in [2.75, 3.05) is 32.2 Å². The maximum Gasteiger partial charge on any atom is 0.412 e. The van der Waals surface area contributed by atoms with Crippen molar-refractivity contribution in [2.45, 2.75) is 56.5 Å². The summed E-state index contributed by atoms with van der Waals surface area (Å²) in [4.78, 5) is 12.2. The molecule has 4 atom stereocenters. The second-order valence-electron chi connectivity index (χ2n) is 7.91. The highest BCUT2D eigenvalue weighted by Gasteiger charge is 2.49.